The fourth-order valence-electron chi connectivity index (χ4n) is 3.15. The van der Waals surface area contributed by atoms with Crippen LogP contribution in [0.4, 0.5) is 0 Å². The molecule has 0 atom stereocenters. The lowest BCUT2D eigenvalue weighted by Gasteiger charge is -2.10. The second-order valence-corrected chi connectivity index (χ2v) is 6.00. The SMILES string of the molecule is O=c1oc(=O)n(CCCn2c(=O)oc(=O)c3ccccc32)c2ccccc12. The molecule has 0 saturated heterocycles. The van der Waals surface area contributed by atoms with Gasteiger partial charge in [0, 0.05) is 13.1 Å². The number of benzene rings is 2. The Hall–Kier alpha value is -3.68. The van der Waals surface area contributed by atoms with Gasteiger partial charge in [-0.15, -0.1) is 0 Å². The van der Waals surface area contributed by atoms with E-state index < -0.39 is 22.8 Å². The Morgan fingerprint density at radius 2 is 1.04 bits per heavy atom. The van der Waals surface area contributed by atoms with E-state index in [0.717, 1.165) is 0 Å². The molecule has 0 unspecified atom stereocenters. The van der Waals surface area contributed by atoms with E-state index in [0.29, 0.717) is 28.2 Å². The maximum atomic E-state index is 12.1. The molecule has 0 radical (unpaired) electrons. The van der Waals surface area contributed by atoms with Gasteiger partial charge in [-0.2, -0.15) is 0 Å². The first-order valence-electron chi connectivity index (χ1n) is 8.31. The van der Waals surface area contributed by atoms with Crippen molar-refractivity contribution < 1.29 is 8.83 Å². The van der Waals surface area contributed by atoms with E-state index in [1.165, 1.54) is 9.13 Å². The molecule has 27 heavy (non-hydrogen) atoms. The Morgan fingerprint density at radius 3 is 1.48 bits per heavy atom. The van der Waals surface area contributed by atoms with E-state index in [2.05, 4.69) is 0 Å². The molecule has 4 aromatic rings. The minimum atomic E-state index is -0.754. The summed E-state index contributed by atoms with van der Waals surface area (Å²) in [5, 5.41) is 0.621. The van der Waals surface area contributed by atoms with E-state index in [1.54, 1.807) is 48.5 Å². The molecule has 0 spiro atoms. The molecule has 8 heteroatoms. The zero-order valence-electron chi connectivity index (χ0n) is 14.1. The third kappa shape index (κ3) is 2.91. The molecule has 0 amide bonds. The molecule has 0 aliphatic rings. The van der Waals surface area contributed by atoms with Crippen LogP contribution >= 0.6 is 0 Å². The van der Waals surface area contributed by atoms with E-state index in [-0.39, 0.29) is 13.1 Å². The summed E-state index contributed by atoms with van der Waals surface area (Å²) in [7, 11) is 0. The lowest BCUT2D eigenvalue weighted by atomic mass is 10.2. The fraction of sp³-hybridized carbons (Fsp3) is 0.158. The van der Waals surface area contributed by atoms with E-state index >= 15 is 0 Å². The van der Waals surface area contributed by atoms with Crippen LogP contribution in [0.25, 0.3) is 21.8 Å². The molecule has 0 bridgehead atoms. The van der Waals surface area contributed by atoms with Crippen molar-refractivity contribution in [2.45, 2.75) is 19.5 Å². The first-order valence-corrected chi connectivity index (χ1v) is 8.31. The summed E-state index contributed by atoms with van der Waals surface area (Å²) in [4.78, 5) is 47.8. The van der Waals surface area contributed by atoms with Crippen LogP contribution in [-0.4, -0.2) is 9.13 Å². The van der Waals surface area contributed by atoms with Gasteiger partial charge in [-0.3, -0.25) is 9.13 Å². The topological polar surface area (TPSA) is 104 Å². The van der Waals surface area contributed by atoms with Gasteiger partial charge in [-0.25, -0.2) is 19.2 Å². The smallest absolute Gasteiger partial charge is 0.372 e. The first kappa shape index (κ1) is 16.8. The Labute approximate surface area is 150 Å². The van der Waals surface area contributed by atoms with Crippen LogP contribution in [0.5, 0.6) is 0 Å². The Balaban J connectivity index is 1.70. The summed E-state index contributed by atoms with van der Waals surface area (Å²) in [5.41, 5.74) is -0.427. The van der Waals surface area contributed by atoms with Crippen molar-refractivity contribution in [1.29, 1.82) is 0 Å². The summed E-state index contributed by atoms with van der Waals surface area (Å²) in [6.45, 7) is 0.450. The maximum absolute atomic E-state index is 12.1. The van der Waals surface area contributed by atoms with E-state index in [4.69, 9.17) is 8.83 Å². The summed E-state index contributed by atoms with van der Waals surface area (Å²) >= 11 is 0. The largest absolute Gasteiger partial charge is 0.422 e. The van der Waals surface area contributed by atoms with Crippen LogP contribution in [0.3, 0.4) is 0 Å². The van der Waals surface area contributed by atoms with Gasteiger partial charge in [0.2, 0.25) is 0 Å². The van der Waals surface area contributed by atoms with Crippen LogP contribution in [0, 0.1) is 0 Å². The van der Waals surface area contributed by atoms with Crippen molar-refractivity contribution in [2.75, 3.05) is 0 Å². The predicted molar refractivity (Wildman–Crippen MR) is 98.1 cm³/mol. The van der Waals surface area contributed by atoms with Gasteiger partial charge in [-0.05, 0) is 30.7 Å². The number of hydrogen-bond donors (Lipinski definition) is 0. The standard InChI is InChI=1S/C19H14N2O6/c22-16-12-6-1-3-8-14(12)20(18(24)26-16)10-5-11-21-15-9-4-2-7-13(15)17(23)27-19(21)25/h1-4,6-9H,5,10-11H2. The first-order chi connectivity index (χ1) is 13.1. The van der Waals surface area contributed by atoms with Gasteiger partial charge < -0.3 is 8.83 Å². The van der Waals surface area contributed by atoms with Crippen molar-refractivity contribution in [3.63, 3.8) is 0 Å². The van der Waals surface area contributed by atoms with Gasteiger partial charge in [-0.1, -0.05) is 24.3 Å². The zero-order chi connectivity index (χ0) is 19.0. The highest BCUT2D eigenvalue weighted by molar-refractivity contribution is 5.77. The average Bonchev–Trinajstić information content (AvgIpc) is 2.66. The van der Waals surface area contributed by atoms with Crippen LogP contribution < -0.4 is 22.8 Å². The van der Waals surface area contributed by atoms with Crippen molar-refractivity contribution in [3.8, 4) is 0 Å². The van der Waals surface area contributed by atoms with Crippen LogP contribution in [0.15, 0.2) is 76.5 Å². The molecular formula is C19H14N2O6. The fourth-order valence-corrected chi connectivity index (χ4v) is 3.15. The number of hydrogen-bond acceptors (Lipinski definition) is 6. The van der Waals surface area contributed by atoms with Gasteiger partial charge >= 0.3 is 22.8 Å². The van der Waals surface area contributed by atoms with Gasteiger partial charge in [0.25, 0.3) is 0 Å². The molecule has 0 aliphatic carbocycles. The van der Waals surface area contributed by atoms with Gasteiger partial charge in [0.15, 0.2) is 0 Å². The monoisotopic (exact) mass is 366 g/mol. The van der Waals surface area contributed by atoms with Crippen molar-refractivity contribution in [2.24, 2.45) is 0 Å². The second-order valence-electron chi connectivity index (χ2n) is 6.00. The zero-order valence-corrected chi connectivity index (χ0v) is 14.1. The number of rotatable bonds is 4. The minimum Gasteiger partial charge on any atom is -0.372 e. The Kier molecular flexibility index (Phi) is 4.08. The van der Waals surface area contributed by atoms with Crippen molar-refractivity contribution in [1.82, 2.24) is 9.13 Å². The van der Waals surface area contributed by atoms with E-state index in [1.807, 2.05) is 0 Å². The van der Waals surface area contributed by atoms with Crippen molar-refractivity contribution >= 4 is 21.8 Å². The number of nitrogens with zero attached hydrogens (tertiary/aromatic N) is 2. The molecule has 2 aromatic heterocycles. The highest BCUT2D eigenvalue weighted by Crippen LogP contribution is 2.10. The van der Waals surface area contributed by atoms with Crippen LogP contribution in [0.1, 0.15) is 6.42 Å². The molecule has 0 fully saturated rings. The normalized spacial score (nSPS) is 11.3. The quantitative estimate of drug-likeness (QED) is 0.539. The van der Waals surface area contributed by atoms with Gasteiger partial charge in [0.05, 0.1) is 21.8 Å². The molecule has 0 N–H and O–H groups in total. The lowest BCUT2D eigenvalue weighted by Crippen LogP contribution is -2.28. The highest BCUT2D eigenvalue weighted by atomic mass is 16.4. The molecule has 0 aliphatic heterocycles. The lowest BCUT2D eigenvalue weighted by molar-refractivity contribution is 0.389. The molecule has 2 heterocycles. The Morgan fingerprint density at radius 1 is 0.630 bits per heavy atom. The minimum absolute atomic E-state index is 0.225. The predicted octanol–water partition coefficient (Wildman–Crippen LogP) is 1.31. The maximum Gasteiger partial charge on any atom is 0.422 e. The molecule has 8 nitrogen and oxygen atoms in total. The summed E-state index contributed by atoms with van der Waals surface area (Å²) < 4.78 is 12.2. The van der Waals surface area contributed by atoms with Gasteiger partial charge in [0.1, 0.15) is 0 Å². The number of aromatic nitrogens is 2. The third-order valence-corrected chi connectivity index (χ3v) is 4.39. The van der Waals surface area contributed by atoms with E-state index in [9.17, 15) is 19.2 Å². The third-order valence-electron chi connectivity index (χ3n) is 4.39. The summed E-state index contributed by atoms with van der Waals surface area (Å²) in [6.07, 6.45) is 0.384. The van der Waals surface area contributed by atoms with Crippen molar-refractivity contribution in [3.05, 3.63) is 90.5 Å². The molecular weight excluding hydrogens is 352 g/mol. The molecule has 0 saturated carbocycles. The second kappa shape index (κ2) is 6.56. The summed E-state index contributed by atoms with van der Waals surface area (Å²) in [5.74, 6) is -1.51. The highest BCUT2D eigenvalue weighted by Gasteiger charge is 2.11. The number of fused-ring (bicyclic) bond motifs is 2. The Bertz CT molecular complexity index is 1280. The molecule has 2 aromatic carbocycles. The molecule has 136 valence electrons. The number of aryl methyl sites for hydroxylation is 2. The number of para-hydroxylation sites is 2. The van der Waals surface area contributed by atoms with Crippen LogP contribution in [-0.2, 0) is 13.1 Å². The molecule has 4 rings (SSSR count). The average molecular weight is 366 g/mol. The summed E-state index contributed by atoms with van der Waals surface area (Å²) in [6, 6.07) is 13.3. The van der Waals surface area contributed by atoms with Crippen LogP contribution in [0.2, 0.25) is 0 Å².